The van der Waals surface area contributed by atoms with Crippen molar-refractivity contribution in [3.63, 3.8) is 0 Å². The molecule has 0 aromatic heterocycles. The van der Waals surface area contributed by atoms with E-state index in [0.717, 1.165) is 18.0 Å². The number of amides is 2. The Morgan fingerprint density at radius 2 is 2.28 bits per heavy atom. The van der Waals surface area contributed by atoms with E-state index >= 15 is 0 Å². The maximum atomic E-state index is 12.2. The van der Waals surface area contributed by atoms with Crippen LogP contribution < -0.4 is 11.1 Å². The quantitative estimate of drug-likeness (QED) is 0.767. The van der Waals surface area contributed by atoms with Crippen molar-refractivity contribution in [2.24, 2.45) is 0 Å². The molecule has 2 rings (SSSR count). The molecule has 4 nitrogen and oxygen atoms in total. The van der Waals surface area contributed by atoms with Crippen molar-refractivity contribution < 1.29 is 4.79 Å². The lowest BCUT2D eigenvalue weighted by Gasteiger charge is -2.37. The Hall–Kier alpha value is -1.36. The van der Waals surface area contributed by atoms with Gasteiger partial charge in [0, 0.05) is 35.0 Å². The van der Waals surface area contributed by atoms with Gasteiger partial charge in [0.25, 0.3) is 0 Å². The van der Waals surface area contributed by atoms with Crippen LogP contribution in [-0.4, -0.2) is 34.5 Å². The predicted octanol–water partition coefficient (Wildman–Crippen LogP) is 2.63. The molecule has 1 heterocycles. The van der Waals surface area contributed by atoms with Gasteiger partial charge in [-0.15, -0.1) is 0 Å². The first-order chi connectivity index (χ1) is 8.58. The van der Waals surface area contributed by atoms with Crippen LogP contribution in [0.4, 0.5) is 16.2 Å². The Morgan fingerprint density at radius 3 is 3.00 bits per heavy atom. The molecule has 0 radical (unpaired) electrons. The molecule has 1 aromatic carbocycles. The molecule has 0 saturated carbocycles. The molecule has 0 spiro atoms. The second-order valence-corrected chi connectivity index (χ2v) is 6.05. The minimum Gasteiger partial charge on any atom is -0.399 e. The lowest BCUT2D eigenvalue weighted by molar-refractivity contribution is 0.194. The predicted molar refractivity (Wildman–Crippen MR) is 78.0 cm³/mol. The van der Waals surface area contributed by atoms with E-state index in [1.807, 2.05) is 28.8 Å². The van der Waals surface area contributed by atoms with E-state index in [-0.39, 0.29) is 12.1 Å². The second kappa shape index (κ2) is 5.52. The zero-order valence-electron chi connectivity index (χ0n) is 10.7. The minimum atomic E-state index is -0.0414. The third-order valence-corrected chi connectivity index (χ3v) is 4.62. The molecule has 18 heavy (non-hydrogen) atoms. The maximum Gasteiger partial charge on any atom is 0.322 e. The van der Waals surface area contributed by atoms with Crippen LogP contribution in [-0.2, 0) is 0 Å². The number of thioether (sulfide) groups is 1. The highest BCUT2D eigenvalue weighted by Gasteiger charge is 2.28. The molecule has 2 amide bonds. The molecule has 0 bridgehead atoms. The Balaban J connectivity index is 2.03. The lowest BCUT2D eigenvalue weighted by Crippen LogP contribution is -2.49. The molecule has 98 valence electrons. The van der Waals surface area contributed by atoms with Crippen LogP contribution in [0.15, 0.2) is 24.3 Å². The number of nitrogens with zero attached hydrogens (tertiary/aromatic N) is 1. The fraction of sp³-hybridized carbons (Fsp3) is 0.462. The van der Waals surface area contributed by atoms with Crippen molar-refractivity contribution in [1.29, 1.82) is 0 Å². The average Bonchev–Trinajstić information content (AvgIpc) is 2.32. The highest BCUT2D eigenvalue weighted by molar-refractivity contribution is 8.00. The first kappa shape index (κ1) is 13.1. The van der Waals surface area contributed by atoms with E-state index in [4.69, 9.17) is 5.73 Å². The Morgan fingerprint density at radius 1 is 1.50 bits per heavy atom. The van der Waals surface area contributed by atoms with Crippen LogP contribution in [0.5, 0.6) is 0 Å². The summed E-state index contributed by atoms with van der Waals surface area (Å²) in [5.74, 6) is 0.996. The fourth-order valence-electron chi connectivity index (χ4n) is 2.03. The molecule has 5 heteroatoms. The molecule has 1 fully saturated rings. The summed E-state index contributed by atoms with van der Waals surface area (Å²) in [5, 5.41) is 3.38. The molecule has 1 saturated heterocycles. The van der Waals surface area contributed by atoms with Crippen molar-refractivity contribution in [1.82, 2.24) is 4.90 Å². The molecule has 1 aliphatic heterocycles. The van der Waals surface area contributed by atoms with Crippen LogP contribution in [0, 0.1) is 0 Å². The van der Waals surface area contributed by atoms with Crippen LogP contribution in [0.2, 0.25) is 0 Å². The highest BCUT2D eigenvalue weighted by Crippen LogP contribution is 2.25. The van der Waals surface area contributed by atoms with Gasteiger partial charge in [-0.25, -0.2) is 4.79 Å². The molecule has 1 aliphatic rings. The van der Waals surface area contributed by atoms with Crippen LogP contribution in [0.25, 0.3) is 0 Å². The van der Waals surface area contributed by atoms with Crippen molar-refractivity contribution >= 4 is 29.2 Å². The third-order valence-electron chi connectivity index (χ3n) is 3.28. The molecule has 2 unspecified atom stereocenters. The number of nitrogen functional groups attached to an aromatic ring is 1. The Bertz CT molecular complexity index is 438. The van der Waals surface area contributed by atoms with Gasteiger partial charge in [0.2, 0.25) is 0 Å². The molecule has 2 atom stereocenters. The number of carbonyl (C=O) groups excluding carboxylic acids is 1. The highest BCUT2D eigenvalue weighted by atomic mass is 32.2. The Labute approximate surface area is 112 Å². The lowest BCUT2D eigenvalue weighted by atomic mass is 10.2. The number of anilines is 2. The summed E-state index contributed by atoms with van der Waals surface area (Å²) in [6, 6.07) is 7.47. The Kier molecular flexibility index (Phi) is 4.01. The van der Waals surface area contributed by atoms with Gasteiger partial charge in [-0.3, -0.25) is 0 Å². The number of benzene rings is 1. The summed E-state index contributed by atoms with van der Waals surface area (Å²) in [7, 11) is 0. The average molecular weight is 265 g/mol. The SMILES string of the molecule is CC1SCCN(C(=O)Nc2cccc(N)c2)C1C. The molecule has 1 aromatic rings. The van der Waals surface area contributed by atoms with Crippen LogP contribution in [0.3, 0.4) is 0 Å². The summed E-state index contributed by atoms with van der Waals surface area (Å²) in [6.07, 6.45) is 0. The van der Waals surface area contributed by atoms with Crippen LogP contribution >= 0.6 is 11.8 Å². The van der Waals surface area contributed by atoms with Gasteiger partial charge in [-0.2, -0.15) is 11.8 Å². The topological polar surface area (TPSA) is 58.4 Å². The number of hydrogen-bond donors (Lipinski definition) is 2. The number of hydrogen-bond acceptors (Lipinski definition) is 3. The van der Waals surface area contributed by atoms with E-state index in [9.17, 15) is 4.79 Å². The summed E-state index contributed by atoms with van der Waals surface area (Å²) in [5.41, 5.74) is 7.10. The standard InChI is InChI=1S/C13H19N3OS/c1-9-10(2)18-7-6-16(9)13(17)15-12-5-3-4-11(14)8-12/h3-5,8-10H,6-7,14H2,1-2H3,(H,15,17). The van der Waals surface area contributed by atoms with Crippen LogP contribution in [0.1, 0.15) is 13.8 Å². The van der Waals surface area contributed by atoms with Gasteiger partial charge in [0.1, 0.15) is 0 Å². The zero-order chi connectivity index (χ0) is 13.1. The van der Waals surface area contributed by atoms with Gasteiger partial charge in [-0.1, -0.05) is 13.0 Å². The number of carbonyl (C=O) groups is 1. The normalized spacial score (nSPS) is 23.8. The summed E-state index contributed by atoms with van der Waals surface area (Å²) >= 11 is 1.91. The molecular formula is C13H19N3OS. The smallest absolute Gasteiger partial charge is 0.322 e. The molecular weight excluding hydrogens is 246 g/mol. The maximum absolute atomic E-state index is 12.2. The van der Waals surface area contributed by atoms with Gasteiger partial charge in [-0.05, 0) is 25.1 Å². The van der Waals surface area contributed by atoms with Gasteiger partial charge in [0.15, 0.2) is 0 Å². The van der Waals surface area contributed by atoms with Gasteiger partial charge < -0.3 is 16.0 Å². The molecule has 0 aliphatic carbocycles. The van der Waals surface area contributed by atoms with E-state index < -0.39 is 0 Å². The second-order valence-electron chi connectivity index (χ2n) is 4.57. The summed E-state index contributed by atoms with van der Waals surface area (Å²) in [6.45, 7) is 5.05. The fourth-order valence-corrected chi connectivity index (χ4v) is 3.13. The third kappa shape index (κ3) is 2.90. The number of rotatable bonds is 1. The largest absolute Gasteiger partial charge is 0.399 e. The number of nitrogens with one attached hydrogen (secondary N) is 1. The summed E-state index contributed by atoms with van der Waals surface area (Å²) < 4.78 is 0. The monoisotopic (exact) mass is 265 g/mol. The van der Waals surface area contributed by atoms with Crippen molar-refractivity contribution in [2.75, 3.05) is 23.3 Å². The minimum absolute atomic E-state index is 0.0414. The zero-order valence-corrected chi connectivity index (χ0v) is 11.5. The first-order valence-electron chi connectivity index (χ1n) is 6.12. The molecule has 3 N–H and O–H groups in total. The van der Waals surface area contributed by atoms with Crippen molar-refractivity contribution in [2.45, 2.75) is 25.1 Å². The van der Waals surface area contributed by atoms with E-state index in [2.05, 4.69) is 19.2 Å². The van der Waals surface area contributed by atoms with E-state index in [0.29, 0.717) is 10.9 Å². The van der Waals surface area contributed by atoms with Gasteiger partial charge >= 0.3 is 6.03 Å². The van der Waals surface area contributed by atoms with E-state index in [1.165, 1.54) is 0 Å². The van der Waals surface area contributed by atoms with Gasteiger partial charge in [0.05, 0.1) is 0 Å². The number of urea groups is 1. The van der Waals surface area contributed by atoms with Crippen molar-refractivity contribution in [3.8, 4) is 0 Å². The summed E-state index contributed by atoms with van der Waals surface area (Å²) in [4.78, 5) is 14.1. The first-order valence-corrected chi connectivity index (χ1v) is 7.17. The number of nitrogens with two attached hydrogens (primary N) is 1. The van der Waals surface area contributed by atoms with E-state index in [1.54, 1.807) is 12.1 Å². The van der Waals surface area contributed by atoms with Crippen molar-refractivity contribution in [3.05, 3.63) is 24.3 Å².